The van der Waals surface area contributed by atoms with Crippen LogP contribution in [0.4, 0.5) is 4.79 Å². The summed E-state index contributed by atoms with van der Waals surface area (Å²) in [5, 5.41) is 9.11. The first-order valence-electron chi connectivity index (χ1n) is 18.5. The van der Waals surface area contributed by atoms with Crippen molar-refractivity contribution >= 4 is 23.7 Å². The Balaban J connectivity index is 1.20. The smallest absolute Gasteiger partial charge is 0.315 e. The molecule has 6 rings (SSSR count). The van der Waals surface area contributed by atoms with Gasteiger partial charge in [0, 0.05) is 18.5 Å². The lowest BCUT2D eigenvalue weighted by Crippen LogP contribution is -2.40. The van der Waals surface area contributed by atoms with Crippen LogP contribution in [0.3, 0.4) is 0 Å². The first-order chi connectivity index (χ1) is 26.4. The van der Waals surface area contributed by atoms with Crippen molar-refractivity contribution in [2.24, 2.45) is 0 Å². The summed E-state index contributed by atoms with van der Waals surface area (Å²) in [5.74, 6) is 1.18. The molecule has 0 saturated heterocycles. The quantitative estimate of drug-likeness (QED) is 0.153. The molecule has 0 fully saturated rings. The van der Waals surface area contributed by atoms with Gasteiger partial charge in [-0.2, -0.15) is 0 Å². The van der Waals surface area contributed by atoms with E-state index in [0.717, 1.165) is 39.8 Å². The minimum absolute atomic E-state index is 0.0136. The molecule has 0 heterocycles. The maximum atomic E-state index is 13.5. The lowest BCUT2D eigenvalue weighted by molar-refractivity contribution is -0.121. The molecule has 0 bridgehead atoms. The summed E-state index contributed by atoms with van der Waals surface area (Å²) in [6.45, 7) is 8.23. The van der Waals surface area contributed by atoms with Crippen LogP contribution < -0.4 is 41.0 Å². The van der Waals surface area contributed by atoms with E-state index in [2.05, 4.69) is 42.8 Å². The number of amides is 3. The Morgan fingerprint density at radius 2 is 1.33 bits per heavy atom. The molecule has 4 aromatic carbocycles. The lowest BCUT2D eigenvalue weighted by Gasteiger charge is -2.20. The molecule has 3 amide bonds. The maximum absolute atomic E-state index is 13.5. The summed E-state index contributed by atoms with van der Waals surface area (Å²) < 4.78 is 17.2. The number of urea groups is 1. The second kappa shape index (κ2) is 16.6. The van der Waals surface area contributed by atoms with E-state index in [1.165, 1.54) is 34.0 Å². The normalized spacial score (nSPS) is 15.5. The van der Waals surface area contributed by atoms with E-state index in [0.29, 0.717) is 52.5 Å². The molecule has 0 aromatic heterocycles. The Kier molecular flexibility index (Phi) is 11.9. The zero-order chi connectivity index (χ0) is 39.6. The number of thioether (sulfide) groups is 1. The number of hydrogen-bond donors (Lipinski definition) is 3. The molecule has 2 aliphatic rings. The minimum Gasteiger partial charge on any atom is -0.493 e. The number of carbonyl (C=O) groups is 2. The van der Waals surface area contributed by atoms with E-state index in [1.807, 2.05) is 30.5 Å². The third-order valence-corrected chi connectivity index (χ3v) is 11.9. The number of carbonyl (C=O) groups excluding carboxylic acids is 2. The highest BCUT2D eigenvalue weighted by atomic mass is 32.2. The van der Waals surface area contributed by atoms with Gasteiger partial charge in [-0.05, 0) is 145 Å². The molecule has 2 aliphatic carbocycles. The highest BCUT2D eigenvalue weighted by Gasteiger charge is 2.30. The van der Waals surface area contributed by atoms with Gasteiger partial charge < -0.3 is 30.2 Å². The summed E-state index contributed by atoms with van der Waals surface area (Å²) in [5.41, 5.74) is 11.2. The molecular weight excluding hydrogens is 715 g/mol. The third kappa shape index (κ3) is 7.80. The van der Waals surface area contributed by atoms with Gasteiger partial charge in [-0.1, -0.05) is 24.3 Å². The van der Waals surface area contributed by atoms with Crippen LogP contribution in [-0.4, -0.2) is 46.1 Å². The average molecular weight is 764 g/mol. The van der Waals surface area contributed by atoms with Gasteiger partial charge in [-0.15, -0.1) is 11.8 Å². The Morgan fingerprint density at radius 3 is 1.98 bits per heavy atom. The van der Waals surface area contributed by atoms with E-state index in [-0.39, 0.29) is 29.7 Å². The van der Waals surface area contributed by atoms with Crippen molar-refractivity contribution in [3.8, 4) is 39.5 Å². The summed E-state index contributed by atoms with van der Waals surface area (Å²) in [6, 6.07) is 13.6. The van der Waals surface area contributed by atoms with Crippen LogP contribution in [-0.2, 0) is 17.6 Å². The fraction of sp³-hybridized carbons (Fsp3) is 0.364. The summed E-state index contributed by atoms with van der Waals surface area (Å²) in [6.07, 6.45) is 4.28. The molecule has 0 spiro atoms. The predicted molar refractivity (Wildman–Crippen MR) is 218 cm³/mol. The summed E-state index contributed by atoms with van der Waals surface area (Å²) in [7, 11) is 4.69. The van der Waals surface area contributed by atoms with Crippen molar-refractivity contribution in [1.82, 2.24) is 16.0 Å². The number of nitrogens with one attached hydrogen (secondary N) is 3. The number of benzene rings is 2. The van der Waals surface area contributed by atoms with E-state index in [1.54, 1.807) is 46.5 Å². The zero-order valence-electron chi connectivity index (χ0n) is 32.8. The van der Waals surface area contributed by atoms with Crippen molar-refractivity contribution in [3.05, 3.63) is 113 Å². The van der Waals surface area contributed by atoms with Gasteiger partial charge in [-0.3, -0.25) is 14.4 Å². The predicted octanol–water partition coefficient (Wildman–Crippen LogP) is 7.20. The van der Waals surface area contributed by atoms with Crippen LogP contribution in [0.5, 0.6) is 17.2 Å². The van der Waals surface area contributed by atoms with E-state index in [4.69, 9.17) is 14.2 Å². The van der Waals surface area contributed by atoms with Gasteiger partial charge in [0.25, 0.3) is 0 Å². The van der Waals surface area contributed by atoms with E-state index in [9.17, 15) is 19.2 Å². The van der Waals surface area contributed by atoms with Crippen LogP contribution in [0.25, 0.3) is 22.3 Å². The molecule has 3 N–H and O–H groups in total. The van der Waals surface area contributed by atoms with Gasteiger partial charge in [0.2, 0.25) is 11.7 Å². The van der Waals surface area contributed by atoms with Crippen molar-refractivity contribution in [2.75, 3.05) is 34.1 Å². The highest BCUT2D eigenvalue weighted by molar-refractivity contribution is 7.98. The lowest BCUT2D eigenvalue weighted by atomic mass is 9.88. The van der Waals surface area contributed by atoms with E-state index < -0.39 is 18.1 Å². The Hall–Kier alpha value is -5.29. The topological polar surface area (TPSA) is 132 Å². The number of rotatable bonds is 9. The number of aryl methyl sites for hydroxylation is 4. The zero-order valence-corrected chi connectivity index (χ0v) is 33.6. The summed E-state index contributed by atoms with van der Waals surface area (Å²) >= 11 is 1.36. The number of ether oxygens (including phenoxy) is 3. The molecule has 10 nitrogen and oxygen atoms in total. The van der Waals surface area contributed by atoms with Crippen LogP contribution in [0.15, 0.2) is 63.0 Å². The summed E-state index contributed by atoms with van der Waals surface area (Å²) in [4.78, 5) is 54.0. The number of hydrogen-bond acceptors (Lipinski definition) is 8. The fourth-order valence-corrected chi connectivity index (χ4v) is 8.43. The standard InChI is InChI=1S/C44H49N3O7S/c1-23-9-12-29-31(21-35(23)48)34(15-10-27-19-24(2)25(3)26(4)40(27)29)47-44(51)45-18-17-39(50)46-33-14-11-28-20-37(52-5)42(53-6)43(54-7)41(28)30-13-16-38(55-8)36(49)22-32(30)33/h9,12-13,16,19-22,33-34H,10-11,14-15,17-18H2,1-8H3,(H,46,50)(H2,45,47,51)/t33-,34-/m0/s1. The molecule has 0 radical (unpaired) electrons. The molecule has 0 unspecified atom stereocenters. The Labute approximate surface area is 326 Å². The molecule has 2 atom stereocenters. The van der Waals surface area contributed by atoms with Gasteiger partial charge >= 0.3 is 6.03 Å². The first-order valence-corrected chi connectivity index (χ1v) is 19.8. The van der Waals surface area contributed by atoms with Crippen molar-refractivity contribution in [2.45, 2.75) is 76.8 Å². The van der Waals surface area contributed by atoms with Crippen molar-refractivity contribution < 1.29 is 23.8 Å². The van der Waals surface area contributed by atoms with Crippen LogP contribution in [0.2, 0.25) is 0 Å². The molecule has 55 heavy (non-hydrogen) atoms. The van der Waals surface area contributed by atoms with Crippen LogP contribution in [0, 0.1) is 27.7 Å². The average Bonchev–Trinajstić information content (AvgIpc) is 3.55. The molecule has 4 aromatic rings. The van der Waals surface area contributed by atoms with E-state index >= 15 is 0 Å². The second-order valence-corrected chi connectivity index (χ2v) is 15.1. The highest BCUT2D eigenvalue weighted by Crippen LogP contribution is 2.50. The third-order valence-electron chi connectivity index (χ3n) is 11.1. The molecule has 0 saturated carbocycles. The van der Waals surface area contributed by atoms with Crippen molar-refractivity contribution in [3.63, 3.8) is 0 Å². The Morgan fingerprint density at radius 1 is 0.709 bits per heavy atom. The monoisotopic (exact) mass is 763 g/mol. The number of fused-ring (bicyclic) bond motifs is 6. The maximum Gasteiger partial charge on any atom is 0.315 e. The molecular formula is C44H49N3O7S. The van der Waals surface area contributed by atoms with Crippen LogP contribution in [0.1, 0.15) is 75.9 Å². The molecule has 0 aliphatic heterocycles. The number of methoxy groups -OCH3 is 3. The van der Waals surface area contributed by atoms with Crippen LogP contribution >= 0.6 is 11.8 Å². The van der Waals surface area contributed by atoms with Crippen molar-refractivity contribution in [1.29, 1.82) is 0 Å². The van der Waals surface area contributed by atoms with Gasteiger partial charge in [-0.25, -0.2) is 4.79 Å². The largest absolute Gasteiger partial charge is 0.493 e. The van der Waals surface area contributed by atoms with Gasteiger partial charge in [0.05, 0.1) is 38.3 Å². The Bertz CT molecular complexity index is 2310. The van der Waals surface area contributed by atoms with Gasteiger partial charge in [0.15, 0.2) is 22.4 Å². The fourth-order valence-electron chi connectivity index (χ4n) is 7.96. The first kappa shape index (κ1) is 39.4. The second-order valence-electron chi connectivity index (χ2n) is 14.2. The molecule has 11 heteroatoms. The SMILES string of the molecule is COc1cc2c(c(OC)c1OC)-c1ccc(SC)c(=O)cc1[C@@H](NC(=O)CCNC(=O)N[C@H]1CCc3cc(C)c(C)c(C)c3-c3ccc(C)c(=O)cc31)CC2. The molecule has 288 valence electrons. The van der Waals surface area contributed by atoms with Gasteiger partial charge in [0.1, 0.15) is 0 Å². The minimum atomic E-state index is -0.495.